The monoisotopic (exact) mass is 151 g/mol. The molecule has 9 heavy (non-hydrogen) atoms. The van der Waals surface area contributed by atoms with E-state index in [1.807, 2.05) is 6.92 Å². The number of oxime groups is 1. The molecule has 0 aromatic carbocycles. The van der Waals surface area contributed by atoms with Crippen LogP contribution in [0.3, 0.4) is 0 Å². The third-order valence-electron chi connectivity index (χ3n) is 0.618. The van der Waals surface area contributed by atoms with Gasteiger partial charge in [-0.2, -0.15) is 0 Å². The number of ether oxygens (including phenoxy) is 1. The Labute approximate surface area is 59.6 Å². The Hall–Kier alpha value is -0.440. The molecule has 0 spiro atoms. The Morgan fingerprint density at radius 3 is 2.67 bits per heavy atom. The summed E-state index contributed by atoms with van der Waals surface area (Å²) in [5, 5.41) is 3.49. The van der Waals surface area contributed by atoms with Gasteiger partial charge in [-0.15, -0.1) is 11.6 Å². The Bertz CT molecular complexity index is 95.0. The van der Waals surface area contributed by atoms with E-state index in [1.54, 1.807) is 0 Å². The van der Waals surface area contributed by atoms with E-state index in [0.717, 1.165) is 0 Å². The van der Waals surface area contributed by atoms with Gasteiger partial charge in [-0.05, 0) is 6.92 Å². The van der Waals surface area contributed by atoms with Crippen LogP contribution in [0.5, 0.6) is 0 Å². The fourth-order valence-corrected chi connectivity index (χ4v) is 0.484. The van der Waals surface area contributed by atoms with E-state index in [0.29, 0.717) is 12.5 Å². The highest BCUT2D eigenvalue weighted by molar-refractivity contribution is 6.27. The van der Waals surface area contributed by atoms with Crippen molar-refractivity contribution in [3.63, 3.8) is 0 Å². The van der Waals surface area contributed by atoms with Crippen LogP contribution in [0.2, 0.25) is 0 Å². The molecule has 0 rings (SSSR count). The van der Waals surface area contributed by atoms with Crippen molar-refractivity contribution < 1.29 is 9.57 Å². The minimum absolute atomic E-state index is 0.252. The second-order valence-corrected chi connectivity index (χ2v) is 1.50. The average Bonchev–Trinajstić information content (AvgIpc) is 1.88. The summed E-state index contributed by atoms with van der Waals surface area (Å²) in [6.45, 7) is 2.42. The molecule has 0 aliphatic rings. The second-order valence-electron chi connectivity index (χ2n) is 1.23. The van der Waals surface area contributed by atoms with Crippen LogP contribution in [-0.4, -0.2) is 25.5 Å². The lowest BCUT2D eigenvalue weighted by Crippen LogP contribution is -2.06. The van der Waals surface area contributed by atoms with Crippen LogP contribution in [0.1, 0.15) is 6.92 Å². The zero-order chi connectivity index (χ0) is 7.11. The molecule has 0 bridgehead atoms. The lowest BCUT2D eigenvalue weighted by atomic mass is 10.7. The summed E-state index contributed by atoms with van der Waals surface area (Å²) in [5.41, 5.74) is 0. The largest absolute Gasteiger partial charge is 0.478 e. The van der Waals surface area contributed by atoms with Gasteiger partial charge in [0, 0.05) is 0 Å². The Morgan fingerprint density at radius 2 is 2.33 bits per heavy atom. The maximum atomic E-state index is 5.39. The van der Waals surface area contributed by atoms with Crippen LogP contribution in [-0.2, 0) is 9.57 Å². The Morgan fingerprint density at radius 1 is 1.67 bits per heavy atom. The van der Waals surface area contributed by atoms with Crippen molar-refractivity contribution in [3.8, 4) is 0 Å². The molecular weight excluding hydrogens is 142 g/mol. The molecule has 3 nitrogen and oxygen atoms in total. The molecule has 0 N–H and O–H groups in total. The van der Waals surface area contributed by atoms with Crippen LogP contribution in [0.15, 0.2) is 5.16 Å². The summed E-state index contributed by atoms with van der Waals surface area (Å²) in [6.07, 6.45) is 0. The molecule has 0 radical (unpaired) electrons. The maximum Gasteiger partial charge on any atom is 0.240 e. The molecule has 0 saturated carbocycles. The highest BCUT2D eigenvalue weighted by Gasteiger charge is 1.94. The first-order valence-corrected chi connectivity index (χ1v) is 3.17. The Kier molecular flexibility index (Phi) is 5.41. The van der Waals surface area contributed by atoms with Gasteiger partial charge in [0.15, 0.2) is 0 Å². The number of halogens is 1. The zero-order valence-electron chi connectivity index (χ0n) is 5.56. The van der Waals surface area contributed by atoms with Crippen molar-refractivity contribution in [1.82, 2.24) is 0 Å². The molecule has 0 unspecified atom stereocenters. The summed E-state index contributed by atoms with van der Waals surface area (Å²) in [4.78, 5) is 4.43. The quantitative estimate of drug-likeness (QED) is 0.263. The van der Waals surface area contributed by atoms with E-state index in [1.165, 1.54) is 7.11 Å². The number of nitrogens with zero attached hydrogens (tertiary/aromatic N) is 1. The summed E-state index contributed by atoms with van der Waals surface area (Å²) < 4.78 is 4.92. The number of rotatable bonds is 3. The van der Waals surface area contributed by atoms with E-state index >= 15 is 0 Å². The van der Waals surface area contributed by atoms with Gasteiger partial charge < -0.3 is 9.57 Å². The molecule has 0 fully saturated rings. The van der Waals surface area contributed by atoms with E-state index in [2.05, 4.69) is 9.99 Å². The normalized spacial score (nSPS) is 11.2. The predicted octanol–water partition coefficient (Wildman–Crippen LogP) is 1.22. The van der Waals surface area contributed by atoms with Gasteiger partial charge in [0.25, 0.3) is 0 Å². The van der Waals surface area contributed by atoms with Crippen LogP contribution in [0, 0.1) is 0 Å². The van der Waals surface area contributed by atoms with E-state index in [4.69, 9.17) is 16.3 Å². The first-order chi connectivity index (χ1) is 4.35. The number of hydrogen-bond donors (Lipinski definition) is 0. The van der Waals surface area contributed by atoms with E-state index in [9.17, 15) is 0 Å². The van der Waals surface area contributed by atoms with Crippen LogP contribution in [0.25, 0.3) is 0 Å². The van der Waals surface area contributed by atoms with E-state index in [-0.39, 0.29) is 5.88 Å². The molecule has 0 heterocycles. The lowest BCUT2D eigenvalue weighted by molar-refractivity contribution is 0.192. The molecule has 54 valence electrons. The van der Waals surface area contributed by atoms with Gasteiger partial charge in [0.2, 0.25) is 5.90 Å². The predicted molar refractivity (Wildman–Crippen MR) is 36.8 cm³/mol. The van der Waals surface area contributed by atoms with Gasteiger partial charge in [-0.1, -0.05) is 5.16 Å². The molecule has 0 aromatic rings. The minimum atomic E-state index is 0.252. The smallest absolute Gasteiger partial charge is 0.240 e. The highest BCUT2D eigenvalue weighted by Crippen LogP contribution is 1.86. The first-order valence-electron chi connectivity index (χ1n) is 2.64. The van der Waals surface area contributed by atoms with E-state index < -0.39 is 0 Å². The second kappa shape index (κ2) is 5.69. The number of alkyl halides is 1. The summed E-state index contributed by atoms with van der Waals surface area (Å²) >= 11 is 5.39. The van der Waals surface area contributed by atoms with Gasteiger partial charge in [-0.25, -0.2) is 0 Å². The van der Waals surface area contributed by atoms with Gasteiger partial charge in [0.05, 0.1) is 6.61 Å². The van der Waals surface area contributed by atoms with Gasteiger partial charge >= 0.3 is 0 Å². The fraction of sp³-hybridized carbons (Fsp3) is 0.800. The van der Waals surface area contributed by atoms with Crippen molar-refractivity contribution >= 4 is 17.5 Å². The summed E-state index contributed by atoms with van der Waals surface area (Å²) in [5.74, 6) is 0.670. The molecule has 0 atom stereocenters. The SMILES string of the molecule is CCOC(CCl)=NOC. The highest BCUT2D eigenvalue weighted by atomic mass is 35.5. The third-order valence-corrected chi connectivity index (χ3v) is 0.847. The van der Waals surface area contributed by atoms with Crippen LogP contribution in [0.4, 0.5) is 0 Å². The van der Waals surface area contributed by atoms with Crippen molar-refractivity contribution in [2.75, 3.05) is 19.6 Å². The molecule has 0 aliphatic carbocycles. The molecule has 0 saturated heterocycles. The van der Waals surface area contributed by atoms with Gasteiger partial charge in [-0.3, -0.25) is 0 Å². The summed E-state index contributed by atoms with van der Waals surface area (Å²) in [7, 11) is 1.45. The maximum absolute atomic E-state index is 5.39. The zero-order valence-corrected chi connectivity index (χ0v) is 6.31. The lowest BCUT2D eigenvalue weighted by Gasteiger charge is -2.00. The van der Waals surface area contributed by atoms with Crippen molar-refractivity contribution in [2.45, 2.75) is 6.92 Å². The van der Waals surface area contributed by atoms with Crippen molar-refractivity contribution in [3.05, 3.63) is 0 Å². The van der Waals surface area contributed by atoms with Crippen LogP contribution >= 0.6 is 11.6 Å². The molecule has 4 heteroatoms. The number of hydrogen-bond acceptors (Lipinski definition) is 3. The molecular formula is C5H10ClNO2. The van der Waals surface area contributed by atoms with Crippen molar-refractivity contribution in [1.29, 1.82) is 0 Å². The molecule has 0 aliphatic heterocycles. The fourth-order valence-electron chi connectivity index (χ4n) is 0.358. The van der Waals surface area contributed by atoms with Crippen LogP contribution < -0.4 is 0 Å². The summed E-state index contributed by atoms with van der Waals surface area (Å²) in [6, 6.07) is 0. The topological polar surface area (TPSA) is 30.8 Å². The third kappa shape index (κ3) is 4.09. The molecule has 0 aromatic heterocycles. The minimum Gasteiger partial charge on any atom is -0.478 e. The molecule has 0 amide bonds. The first kappa shape index (κ1) is 8.56. The van der Waals surface area contributed by atoms with Gasteiger partial charge in [0.1, 0.15) is 13.0 Å². The average molecular weight is 152 g/mol. The van der Waals surface area contributed by atoms with Crippen molar-refractivity contribution in [2.24, 2.45) is 5.16 Å². The Balaban J connectivity index is 3.53. The standard InChI is InChI=1S/C5H10ClNO2/c1-3-9-5(4-6)7-8-2/h3-4H2,1-2H3.